The molecule has 0 radical (unpaired) electrons. The Morgan fingerprint density at radius 3 is 2.31 bits per heavy atom. The van der Waals surface area contributed by atoms with Crippen LogP contribution in [0, 0.1) is 5.41 Å². The van der Waals surface area contributed by atoms with Crippen LogP contribution in [0.5, 0.6) is 0 Å². The maximum atomic E-state index is 11.6. The summed E-state index contributed by atoms with van der Waals surface area (Å²) in [6, 6.07) is 0.452. The lowest BCUT2D eigenvalue weighted by atomic mass is 9.87. The van der Waals surface area contributed by atoms with Gasteiger partial charge < -0.3 is 5.32 Å². The fraction of sp³-hybridized carbons (Fsp3) is 1.00. The van der Waals surface area contributed by atoms with E-state index in [1.165, 1.54) is 19.1 Å². The molecule has 96 valence electrons. The van der Waals surface area contributed by atoms with Gasteiger partial charge >= 0.3 is 0 Å². The van der Waals surface area contributed by atoms with Crippen molar-refractivity contribution in [2.75, 3.05) is 12.8 Å². The van der Waals surface area contributed by atoms with Crippen LogP contribution < -0.4 is 5.32 Å². The number of hydrogen-bond donors (Lipinski definition) is 1. The summed E-state index contributed by atoms with van der Waals surface area (Å²) in [6.07, 6.45) is 4.94. The molecule has 0 bridgehead atoms. The smallest absolute Gasteiger partial charge is 0.153 e. The molecule has 0 heterocycles. The van der Waals surface area contributed by atoms with Crippen molar-refractivity contribution in [3.8, 4) is 0 Å². The van der Waals surface area contributed by atoms with Gasteiger partial charge in [0.15, 0.2) is 9.84 Å². The zero-order valence-electron chi connectivity index (χ0n) is 11.1. The average molecular weight is 247 g/mol. The van der Waals surface area contributed by atoms with Gasteiger partial charge in [-0.15, -0.1) is 0 Å². The fourth-order valence-electron chi connectivity index (χ4n) is 2.21. The third kappa shape index (κ3) is 2.98. The van der Waals surface area contributed by atoms with E-state index in [2.05, 4.69) is 19.2 Å². The lowest BCUT2D eigenvalue weighted by Gasteiger charge is -2.32. The average Bonchev–Trinajstić information content (AvgIpc) is 2.39. The Hall–Kier alpha value is -0.0900. The van der Waals surface area contributed by atoms with Crippen molar-refractivity contribution < 1.29 is 8.42 Å². The molecule has 1 rings (SSSR count). The van der Waals surface area contributed by atoms with E-state index < -0.39 is 14.6 Å². The topological polar surface area (TPSA) is 46.2 Å². The molecule has 0 amide bonds. The van der Waals surface area contributed by atoms with Gasteiger partial charge in [0, 0.05) is 18.8 Å². The Bertz CT molecular complexity index is 344. The van der Waals surface area contributed by atoms with Crippen molar-refractivity contribution in [2.24, 2.45) is 5.41 Å². The predicted molar refractivity (Wildman–Crippen MR) is 68.3 cm³/mol. The maximum Gasteiger partial charge on any atom is 0.153 e. The summed E-state index contributed by atoms with van der Waals surface area (Å²) < 4.78 is 22.5. The van der Waals surface area contributed by atoms with Crippen LogP contribution in [0.2, 0.25) is 0 Å². The second kappa shape index (κ2) is 4.30. The van der Waals surface area contributed by atoms with E-state index in [0.29, 0.717) is 18.0 Å². The standard InChI is InChI=1S/C12H25NO2S/c1-11(2)8-6-7-10(11)13-9-12(3,4)16(5,14)15/h10,13H,6-9H2,1-5H3. The van der Waals surface area contributed by atoms with Gasteiger partial charge in [-0.1, -0.05) is 20.3 Å². The van der Waals surface area contributed by atoms with E-state index in [9.17, 15) is 8.42 Å². The summed E-state index contributed by atoms with van der Waals surface area (Å²) in [7, 11) is -2.99. The molecular weight excluding hydrogens is 222 g/mol. The van der Waals surface area contributed by atoms with Gasteiger partial charge in [0.05, 0.1) is 4.75 Å². The van der Waals surface area contributed by atoms with Crippen LogP contribution >= 0.6 is 0 Å². The van der Waals surface area contributed by atoms with E-state index in [-0.39, 0.29) is 0 Å². The molecule has 0 aromatic heterocycles. The molecule has 1 aliphatic rings. The van der Waals surface area contributed by atoms with Gasteiger partial charge in [-0.05, 0) is 32.1 Å². The van der Waals surface area contributed by atoms with Crippen LogP contribution in [-0.4, -0.2) is 32.0 Å². The van der Waals surface area contributed by atoms with Gasteiger partial charge in [-0.3, -0.25) is 0 Å². The molecule has 0 aromatic rings. The normalized spacial score (nSPS) is 25.9. The monoisotopic (exact) mass is 247 g/mol. The van der Waals surface area contributed by atoms with Crippen molar-refractivity contribution in [2.45, 2.75) is 57.7 Å². The van der Waals surface area contributed by atoms with Crippen molar-refractivity contribution in [3.63, 3.8) is 0 Å². The molecule has 1 unspecified atom stereocenters. The second-order valence-corrected chi connectivity index (χ2v) is 9.00. The minimum atomic E-state index is -2.99. The summed E-state index contributed by atoms with van der Waals surface area (Å²) in [5.41, 5.74) is 0.299. The first-order valence-electron chi connectivity index (χ1n) is 5.99. The van der Waals surface area contributed by atoms with Crippen LogP contribution in [0.3, 0.4) is 0 Å². The van der Waals surface area contributed by atoms with E-state index in [1.54, 1.807) is 13.8 Å². The predicted octanol–water partition coefficient (Wildman–Crippen LogP) is 1.98. The van der Waals surface area contributed by atoms with Gasteiger partial charge in [-0.2, -0.15) is 0 Å². The first-order chi connectivity index (χ1) is 7.06. The van der Waals surface area contributed by atoms with E-state index in [0.717, 1.165) is 6.42 Å². The molecule has 1 atom stereocenters. The quantitative estimate of drug-likeness (QED) is 0.826. The van der Waals surface area contributed by atoms with Gasteiger partial charge in [0.2, 0.25) is 0 Å². The number of rotatable bonds is 4. The number of nitrogens with one attached hydrogen (secondary N) is 1. The third-order valence-corrected chi connectivity index (χ3v) is 6.19. The molecule has 4 heteroatoms. The van der Waals surface area contributed by atoms with Crippen molar-refractivity contribution in [3.05, 3.63) is 0 Å². The number of sulfone groups is 1. The van der Waals surface area contributed by atoms with Crippen LogP contribution in [-0.2, 0) is 9.84 Å². The highest BCUT2D eigenvalue weighted by molar-refractivity contribution is 7.92. The molecule has 1 fully saturated rings. The highest BCUT2D eigenvalue weighted by Gasteiger charge is 2.37. The third-order valence-electron chi connectivity index (χ3n) is 4.04. The van der Waals surface area contributed by atoms with Crippen LogP contribution in [0.15, 0.2) is 0 Å². The molecule has 0 spiro atoms. The highest BCUT2D eigenvalue weighted by Crippen LogP contribution is 2.37. The Morgan fingerprint density at radius 1 is 1.38 bits per heavy atom. The molecule has 0 aliphatic heterocycles. The molecule has 0 saturated heterocycles. The summed E-state index contributed by atoms with van der Waals surface area (Å²) >= 11 is 0. The van der Waals surface area contributed by atoms with Crippen LogP contribution in [0.25, 0.3) is 0 Å². The summed E-state index contributed by atoms with van der Waals surface area (Å²) in [6.45, 7) is 8.63. The Balaban J connectivity index is 2.59. The number of hydrogen-bond acceptors (Lipinski definition) is 3. The van der Waals surface area contributed by atoms with Gasteiger partial charge in [-0.25, -0.2) is 8.42 Å². The minimum Gasteiger partial charge on any atom is -0.312 e. The Kier molecular flexibility index (Phi) is 3.75. The van der Waals surface area contributed by atoms with Gasteiger partial charge in [0.25, 0.3) is 0 Å². The van der Waals surface area contributed by atoms with Crippen molar-refractivity contribution >= 4 is 9.84 Å². The van der Waals surface area contributed by atoms with Crippen molar-refractivity contribution in [1.29, 1.82) is 0 Å². The Morgan fingerprint density at radius 2 is 1.94 bits per heavy atom. The Labute approximate surface area is 99.9 Å². The molecule has 1 aliphatic carbocycles. The van der Waals surface area contributed by atoms with Crippen LogP contribution in [0.1, 0.15) is 47.0 Å². The first-order valence-corrected chi connectivity index (χ1v) is 7.88. The zero-order chi connectivity index (χ0) is 12.6. The van der Waals surface area contributed by atoms with Gasteiger partial charge in [0.1, 0.15) is 0 Å². The fourth-order valence-corrected chi connectivity index (χ4v) is 2.55. The lowest BCUT2D eigenvalue weighted by Crippen LogP contribution is -2.48. The van der Waals surface area contributed by atoms with E-state index in [1.807, 2.05) is 0 Å². The summed E-state index contributed by atoms with van der Waals surface area (Å²) in [5.74, 6) is 0. The molecular formula is C12H25NO2S. The lowest BCUT2D eigenvalue weighted by molar-refractivity contribution is 0.278. The molecule has 16 heavy (non-hydrogen) atoms. The molecule has 0 aromatic carbocycles. The summed E-state index contributed by atoms with van der Waals surface area (Å²) in [4.78, 5) is 0. The molecule has 1 N–H and O–H groups in total. The largest absolute Gasteiger partial charge is 0.312 e. The summed E-state index contributed by atoms with van der Waals surface area (Å²) in [5, 5.41) is 3.44. The molecule has 1 saturated carbocycles. The van der Waals surface area contributed by atoms with Crippen molar-refractivity contribution in [1.82, 2.24) is 5.32 Å². The maximum absolute atomic E-state index is 11.6. The second-order valence-electron chi connectivity index (χ2n) is 6.35. The zero-order valence-corrected chi connectivity index (χ0v) is 11.9. The van der Waals surface area contributed by atoms with Crippen LogP contribution in [0.4, 0.5) is 0 Å². The SMILES string of the molecule is CC1(C)CCCC1NCC(C)(C)S(C)(=O)=O. The van der Waals surface area contributed by atoms with E-state index in [4.69, 9.17) is 0 Å². The van der Waals surface area contributed by atoms with E-state index >= 15 is 0 Å². The highest BCUT2D eigenvalue weighted by atomic mass is 32.2. The minimum absolute atomic E-state index is 0.299. The molecule has 3 nitrogen and oxygen atoms in total. The first kappa shape index (κ1) is 14.0.